The lowest BCUT2D eigenvalue weighted by Crippen LogP contribution is -2.37. The molecular formula is C11H14BrF2NO2S. The molecular weight excluding hydrogens is 328 g/mol. The summed E-state index contributed by atoms with van der Waals surface area (Å²) in [4.78, 5) is 0. The summed E-state index contributed by atoms with van der Waals surface area (Å²) in [5.74, 6) is -0.256. The first-order valence-corrected chi connectivity index (χ1v) is 8.04. The molecule has 3 nitrogen and oxygen atoms in total. The first-order chi connectivity index (χ1) is 8.45. The maximum absolute atomic E-state index is 12.4. The van der Waals surface area contributed by atoms with Gasteiger partial charge in [0, 0.05) is 11.9 Å². The van der Waals surface area contributed by atoms with Crippen LogP contribution in [0.15, 0.2) is 30.3 Å². The summed E-state index contributed by atoms with van der Waals surface area (Å²) >= 11 is 3.07. The summed E-state index contributed by atoms with van der Waals surface area (Å²) in [6.07, 6.45) is -2.67. The molecule has 0 saturated heterocycles. The predicted octanol–water partition coefficient (Wildman–Crippen LogP) is 2.48. The van der Waals surface area contributed by atoms with Crippen molar-refractivity contribution in [3.05, 3.63) is 35.9 Å². The second-order valence-corrected chi connectivity index (χ2v) is 6.44. The Labute approximate surface area is 114 Å². The molecule has 0 N–H and O–H groups in total. The summed E-state index contributed by atoms with van der Waals surface area (Å²) in [6, 6.07) is 8.52. The van der Waals surface area contributed by atoms with Crippen LogP contribution in [0.2, 0.25) is 0 Å². The van der Waals surface area contributed by atoms with Crippen LogP contribution in [0.25, 0.3) is 0 Å². The molecule has 0 amide bonds. The highest BCUT2D eigenvalue weighted by atomic mass is 79.9. The van der Waals surface area contributed by atoms with Crippen molar-refractivity contribution in [2.45, 2.75) is 12.2 Å². The molecule has 7 heteroatoms. The van der Waals surface area contributed by atoms with Gasteiger partial charge in [0.25, 0.3) is 6.43 Å². The molecule has 0 aliphatic rings. The molecule has 102 valence electrons. The van der Waals surface area contributed by atoms with E-state index in [1.165, 1.54) is 0 Å². The van der Waals surface area contributed by atoms with E-state index in [2.05, 4.69) is 15.9 Å². The number of sulfonamides is 1. The minimum Gasteiger partial charge on any atom is -0.212 e. The Kier molecular flexibility index (Phi) is 6.17. The second kappa shape index (κ2) is 7.16. The van der Waals surface area contributed by atoms with Gasteiger partial charge in [-0.1, -0.05) is 46.3 Å². The van der Waals surface area contributed by atoms with E-state index in [1.807, 2.05) is 0 Å². The van der Waals surface area contributed by atoms with Crippen LogP contribution in [0.3, 0.4) is 0 Å². The molecule has 0 aliphatic heterocycles. The van der Waals surface area contributed by atoms with Gasteiger partial charge in [0.15, 0.2) is 0 Å². The van der Waals surface area contributed by atoms with Crippen LogP contribution in [0, 0.1) is 0 Å². The zero-order chi connectivity index (χ0) is 13.6. The van der Waals surface area contributed by atoms with Gasteiger partial charge in [-0.3, -0.25) is 0 Å². The molecule has 0 radical (unpaired) electrons. The first kappa shape index (κ1) is 15.5. The zero-order valence-electron chi connectivity index (χ0n) is 9.60. The van der Waals surface area contributed by atoms with Gasteiger partial charge in [-0.25, -0.2) is 17.2 Å². The van der Waals surface area contributed by atoms with E-state index in [0.717, 1.165) is 4.31 Å². The summed E-state index contributed by atoms with van der Waals surface area (Å²) < 4.78 is 49.5. The Morgan fingerprint density at radius 1 is 1.22 bits per heavy atom. The maximum Gasteiger partial charge on any atom is 0.252 e. The highest BCUT2D eigenvalue weighted by Crippen LogP contribution is 2.12. The lowest BCUT2D eigenvalue weighted by Gasteiger charge is -2.20. The molecule has 0 spiro atoms. The van der Waals surface area contributed by atoms with Crippen molar-refractivity contribution in [3.8, 4) is 0 Å². The van der Waals surface area contributed by atoms with Crippen LogP contribution in [-0.2, 0) is 15.8 Å². The van der Waals surface area contributed by atoms with Gasteiger partial charge in [-0.15, -0.1) is 0 Å². The third-order valence-electron chi connectivity index (χ3n) is 2.26. The molecule has 0 bridgehead atoms. The average molecular weight is 342 g/mol. The molecule has 0 heterocycles. The van der Waals surface area contributed by atoms with Gasteiger partial charge in [0.2, 0.25) is 10.0 Å². The number of alkyl halides is 3. The van der Waals surface area contributed by atoms with Crippen LogP contribution in [0.1, 0.15) is 5.56 Å². The Morgan fingerprint density at radius 3 is 2.33 bits per heavy atom. The third kappa shape index (κ3) is 4.99. The summed E-state index contributed by atoms with van der Waals surface area (Å²) in [5.41, 5.74) is 0.589. The summed E-state index contributed by atoms with van der Waals surface area (Å²) in [7, 11) is -3.71. The van der Waals surface area contributed by atoms with Crippen LogP contribution in [0.4, 0.5) is 8.78 Å². The van der Waals surface area contributed by atoms with Gasteiger partial charge in [-0.05, 0) is 5.56 Å². The Hall–Kier alpha value is -0.530. The Bertz CT molecular complexity index is 453. The van der Waals surface area contributed by atoms with E-state index >= 15 is 0 Å². The van der Waals surface area contributed by atoms with Crippen LogP contribution in [0.5, 0.6) is 0 Å². The van der Waals surface area contributed by atoms with Gasteiger partial charge < -0.3 is 0 Å². The van der Waals surface area contributed by atoms with Crippen LogP contribution >= 0.6 is 15.9 Å². The van der Waals surface area contributed by atoms with E-state index in [-0.39, 0.29) is 12.3 Å². The topological polar surface area (TPSA) is 37.4 Å². The molecule has 0 atom stereocenters. The number of rotatable bonds is 7. The quantitative estimate of drug-likeness (QED) is 0.714. The van der Waals surface area contributed by atoms with E-state index in [4.69, 9.17) is 0 Å². The van der Waals surface area contributed by atoms with Crippen molar-refractivity contribution in [1.29, 1.82) is 0 Å². The van der Waals surface area contributed by atoms with Gasteiger partial charge in [0.05, 0.1) is 12.3 Å². The van der Waals surface area contributed by atoms with Crippen LogP contribution in [-0.4, -0.2) is 37.6 Å². The van der Waals surface area contributed by atoms with Gasteiger partial charge >= 0.3 is 0 Å². The molecule has 0 aliphatic carbocycles. The highest BCUT2D eigenvalue weighted by Gasteiger charge is 2.24. The normalized spacial score (nSPS) is 12.3. The van der Waals surface area contributed by atoms with E-state index in [1.54, 1.807) is 30.3 Å². The van der Waals surface area contributed by atoms with E-state index in [0.29, 0.717) is 10.9 Å². The fourth-order valence-corrected chi connectivity index (χ4v) is 3.64. The monoisotopic (exact) mass is 341 g/mol. The standard InChI is InChI=1S/C11H14BrF2NO2S/c12-6-7-15(8-11(13)14)18(16,17)9-10-4-2-1-3-5-10/h1-5,11H,6-9H2. The fraction of sp³-hybridized carbons (Fsp3) is 0.455. The van der Waals surface area contributed by atoms with Crippen molar-refractivity contribution in [2.75, 3.05) is 18.4 Å². The molecule has 1 aromatic carbocycles. The number of hydrogen-bond acceptors (Lipinski definition) is 2. The lowest BCUT2D eigenvalue weighted by atomic mass is 10.2. The van der Waals surface area contributed by atoms with E-state index in [9.17, 15) is 17.2 Å². The smallest absolute Gasteiger partial charge is 0.212 e. The maximum atomic E-state index is 12.4. The van der Waals surface area contributed by atoms with Crippen molar-refractivity contribution >= 4 is 26.0 Å². The summed E-state index contributed by atoms with van der Waals surface area (Å²) in [5, 5.41) is 0.327. The van der Waals surface area contributed by atoms with Gasteiger partial charge in [0.1, 0.15) is 0 Å². The van der Waals surface area contributed by atoms with Crippen molar-refractivity contribution in [2.24, 2.45) is 0 Å². The van der Waals surface area contributed by atoms with Gasteiger partial charge in [-0.2, -0.15) is 4.31 Å². The Balaban J connectivity index is 2.81. The summed E-state index contributed by atoms with van der Waals surface area (Å²) in [6.45, 7) is -0.722. The Morgan fingerprint density at radius 2 is 1.83 bits per heavy atom. The molecule has 1 aromatic rings. The van der Waals surface area contributed by atoms with Crippen molar-refractivity contribution < 1.29 is 17.2 Å². The number of nitrogens with zero attached hydrogens (tertiary/aromatic N) is 1. The lowest BCUT2D eigenvalue weighted by molar-refractivity contribution is 0.121. The van der Waals surface area contributed by atoms with Crippen molar-refractivity contribution in [3.63, 3.8) is 0 Å². The third-order valence-corrected chi connectivity index (χ3v) is 4.43. The number of halogens is 3. The van der Waals surface area contributed by atoms with E-state index < -0.39 is 23.0 Å². The van der Waals surface area contributed by atoms with Crippen molar-refractivity contribution in [1.82, 2.24) is 4.31 Å². The minimum atomic E-state index is -3.71. The number of benzene rings is 1. The number of hydrogen-bond donors (Lipinski definition) is 0. The fourth-order valence-electron chi connectivity index (χ4n) is 1.47. The SMILES string of the molecule is O=S(=O)(Cc1ccccc1)N(CCBr)CC(F)F. The molecule has 0 saturated carbocycles. The predicted molar refractivity (Wildman–Crippen MR) is 70.4 cm³/mol. The average Bonchev–Trinajstić information content (AvgIpc) is 2.28. The molecule has 1 rings (SSSR count). The first-order valence-electron chi connectivity index (χ1n) is 5.31. The second-order valence-electron chi connectivity index (χ2n) is 3.68. The molecule has 18 heavy (non-hydrogen) atoms. The minimum absolute atomic E-state index is 0.0412. The largest absolute Gasteiger partial charge is 0.252 e. The molecule has 0 fully saturated rings. The van der Waals surface area contributed by atoms with Crippen LogP contribution < -0.4 is 0 Å². The zero-order valence-corrected chi connectivity index (χ0v) is 12.0. The highest BCUT2D eigenvalue weighted by molar-refractivity contribution is 9.09. The molecule has 0 aromatic heterocycles. The molecule has 0 unspecified atom stereocenters.